The molecule has 1 aliphatic rings. The molecule has 4 nitrogen and oxygen atoms in total. The zero-order valence-corrected chi connectivity index (χ0v) is 15.3. The van der Waals surface area contributed by atoms with Crippen molar-refractivity contribution < 1.29 is 9.53 Å². The maximum Gasteiger partial charge on any atom is 0.261 e. The number of nitrogens with one attached hydrogen (secondary N) is 1. The second-order valence-corrected chi connectivity index (χ2v) is 7.07. The van der Waals surface area contributed by atoms with Crippen LogP contribution in [-0.4, -0.2) is 18.2 Å². The number of anilines is 1. The lowest BCUT2D eigenvalue weighted by atomic mass is 10.1. The highest BCUT2D eigenvalue weighted by atomic mass is 16.5. The molecule has 0 aromatic heterocycles. The Bertz CT molecular complexity index is 728. The predicted molar refractivity (Wildman–Crippen MR) is 100 cm³/mol. The highest BCUT2D eigenvalue weighted by molar-refractivity contribution is 6.10. The molecule has 2 atom stereocenters. The number of carbonyl (C=O) groups is 1. The van der Waals surface area contributed by atoms with Crippen LogP contribution < -0.4 is 10.2 Å². The Kier molecular flexibility index (Phi) is 5.21. The molecule has 1 amide bonds. The molecule has 0 aliphatic carbocycles. The average molecular weight is 338 g/mol. The molecule has 2 aromatic carbocycles. The van der Waals surface area contributed by atoms with Gasteiger partial charge in [0.15, 0.2) is 6.23 Å². The predicted octanol–water partition coefficient (Wildman–Crippen LogP) is 4.34. The normalized spacial score (nSPS) is 18.1. The summed E-state index contributed by atoms with van der Waals surface area (Å²) < 4.78 is 6.44. The third-order valence-electron chi connectivity index (χ3n) is 4.32. The Hall–Kier alpha value is -2.17. The van der Waals surface area contributed by atoms with Gasteiger partial charge in [-0.15, -0.1) is 0 Å². The molecule has 0 radical (unpaired) electrons. The van der Waals surface area contributed by atoms with Crippen molar-refractivity contribution in [3.8, 4) is 0 Å². The van der Waals surface area contributed by atoms with E-state index in [2.05, 4.69) is 33.0 Å². The first-order valence-electron chi connectivity index (χ1n) is 8.88. The number of hydrogen-bond donors (Lipinski definition) is 1. The lowest BCUT2D eigenvalue weighted by Gasteiger charge is -2.32. The number of para-hydroxylation sites is 1. The van der Waals surface area contributed by atoms with Crippen LogP contribution in [0.5, 0.6) is 0 Å². The Morgan fingerprint density at radius 2 is 1.60 bits per heavy atom. The van der Waals surface area contributed by atoms with Gasteiger partial charge in [0.1, 0.15) is 6.23 Å². The lowest BCUT2D eigenvalue weighted by Crippen LogP contribution is -2.43. The van der Waals surface area contributed by atoms with E-state index >= 15 is 0 Å². The molecule has 0 saturated heterocycles. The molecule has 132 valence electrons. The molecule has 2 unspecified atom stereocenters. The van der Waals surface area contributed by atoms with Crippen LogP contribution in [0.3, 0.4) is 0 Å². The van der Waals surface area contributed by atoms with Gasteiger partial charge < -0.3 is 4.74 Å². The Labute approximate surface area is 149 Å². The van der Waals surface area contributed by atoms with Crippen molar-refractivity contribution in [3.05, 3.63) is 65.7 Å². The van der Waals surface area contributed by atoms with Crippen LogP contribution >= 0.6 is 0 Å². The molecular formula is C21H26N2O2. The molecule has 2 aromatic rings. The monoisotopic (exact) mass is 338 g/mol. The van der Waals surface area contributed by atoms with Crippen LogP contribution in [0.25, 0.3) is 0 Å². The van der Waals surface area contributed by atoms with E-state index in [1.54, 1.807) is 4.90 Å². The standard InChI is InChI=1S/C21H26N2O2/c1-14(2)19(22-15(3)4)25-21-18-13-9-8-12-17(18)20(24)23(21)16-10-6-5-7-11-16/h5-15,19,21-22H,1-4H3. The van der Waals surface area contributed by atoms with Crippen molar-refractivity contribution >= 4 is 11.6 Å². The summed E-state index contributed by atoms with van der Waals surface area (Å²) >= 11 is 0. The van der Waals surface area contributed by atoms with Crippen molar-refractivity contribution in [3.63, 3.8) is 0 Å². The number of carbonyl (C=O) groups excluding carboxylic acids is 1. The highest BCUT2D eigenvalue weighted by Gasteiger charge is 2.40. The van der Waals surface area contributed by atoms with Gasteiger partial charge in [0.25, 0.3) is 5.91 Å². The van der Waals surface area contributed by atoms with Gasteiger partial charge in [-0.2, -0.15) is 0 Å². The zero-order chi connectivity index (χ0) is 18.0. The molecule has 0 bridgehead atoms. The van der Waals surface area contributed by atoms with E-state index in [0.29, 0.717) is 11.6 Å². The SMILES string of the molecule is CC(C)NC(OC1c2ccccc2C(=O)N1c1ccccc1)C(C)C. The Morgan fingerprint density at radius 1 is 0.960 bits per heavy atom. The van der Waals surface area contributed by atoms with Crippen LogP contribution in [0.4, 0.5) is 5.69 Å². The van der Waals surface area contributed by atoms with Gasteiger partial charge in [-0.05, 0) is 38.0 Å². The fourth-order valence-electron chi connectivity index (χ4n) is 3.11. The smallest absolute Gasteiger partial charge is 0.261 e. The first-order chi connectivity index (χ1) is 12.0. The molecule has 0 fully saturated rings. The van der Waals surface area contributed by atoms with Gasteiger partial charge in [0, 0.05) is 22.9 Å². The van der Waals surface area contributed by atoms with E-state index in [1.807, 2.05) is 54.6 Å². The summed E-state index contributed by atoms with van der Waals surface area (Å²) in [5, 5.41) is 3.46. The molecule has 1 heterocycles. The van der Waals surface area contributed by atoms with Crippen LogP contribution in [0.2, 0.25) is 0 Å². The lowest BCUT2D eigenvalue weighted by molar-refractivity contribution is -0.0554. The second-order valence-electron chi connectivity index (χ2n) is 7.07. The van der Waals surface area contributed by atoms with Gasteiger partial charge in [0.2, 0.25) is 0 Å². The first-order valence-corrected chi connectivity index (χ1v) is 8.88. The minimum absolute atomic E-state index is 0.0150. The summed E-state index contributed by atoms with van der Waals surface area (Å²) in [6.07, 6.45) is -0.570. The van der Waals surface area contributed by atoms with Crippen LogP contribution in [-0.2, 0) is 4.74 Å². The summed E-state index contributed by atoms with van der Waals surface area (Å²) in [5.74, 6) is 0.266. The van der Waals surface area contributed by atoms with Crippen molar-refractivity contribution in [2.24, 2.45) is 5.92 Å². The molecule has 1 aliphatic heterocycles. The Morgan fingerprint density at radius 3 is 2.24 bits per heavy atom. The second kappa shape index (κ2) is 7.38. The maximum absolute atomic E-state index is 13.0. The number of amides is 1. The maximum atomic E-state index is 13.0. The van der Waals surface area contributed by atoms with E-state index in [0.717, 1.165) is 11.3 Å². The third kappa shape index (κ3) is 3.60. The molecule has 0 spiro atoms. The number of hydrogen-bond acceptors (Lipinski definition) is 3. The van der Waals surface area contributed by atoms with Crippen molar-refractivity contribution in [1.29, 1.82) is 0 Å². The van der Waals surface area contributed by atoms with E-state index < -0.39 is 6.23 Å². The van der Waals surface area contributed by atoms with Crippen molar-refractivity contribution in [1.82, 2.24) is 5.32 Å². The van der Waals surface area contributed by atoms with Crippen LogP contribution in [0, 0.1) is 5.92 Å². The fourth-order valence-corrected chi connectivity index (χ4v) is 3.11. The third-order valence-corrected chi connectivity index (χ3v) is 4.32. The van der Waals surface area contributed by atoms with Gasteiger partial charge in [-0.3, -0.25) is 15.0 Å². The number of nitrogens with zero attached hydrogens (tertiary/aromatic N) is 1. The summed E-state index contributed by atoms with van der Waals surface area (Å²) in [7, 11) is 0. The summed E-state index contributed by atoms with van der Waals surface area (Å²) in [4.78, 5) is 14.8. The van der Waals surface area contributed by atoms with Crippen molar-refractivity contribution in [2.75, 3.05) is 4.90 Å². The number of rotatable bonds is 6. The minimum Gasteiger partial charge on any atom is -0.335 e. The Balaban J connectivity index is 1.98. The zero-order valence-electron chi connectivity index (χ0n) is 15.3. The summed E-state index contributed by atoms with van der Waals surface area (Å²) in [6, 6.07) is 17.7. The van der Waals surface area contributed by atoms with Crippen molar-refractivity contribution in [2.45, 2.75) is 46.2 Å². The topological polar surface area (TPSA) is 41.6 Å². The van der Waals surface area contributed by atoms with E-state index in [4.69, 9.17) is 4.74 Å². The molecule has 3 rings (SSSR count). The van der Waals surface area contributed by atoms with Gasteiger partial charge in [-0.1, -0.05) is 50.2 Å². The van der Waals surface area contributed by atoms with Crippen LogP contribution in [0.15, 0.2) is 54.6 Å². The molecular weight excluding hydrogens is 312 g/mol. The van der Waals surface area contributed by atoms with Gasteiger partial charge in [-0.25, -0.2) is 0 Å². The number of benzene rings is 2. The number of fused-ring (bicyclic) bond motifs is 1. The largest absolute Gasteiger partial charge is 0.335 e. The summed E-state index contributed by atoms with van der Waals surface area (Å²) in [5.41, 5.74) is 2.48. The van der Waals surface area contributed by atoms with E-state index in [-0.39, 0.29) is 18.1 Å². The molecule has 4 heteroatoms. The quantitative estimate of drug-likeness (QED) is 0.797. The minimum atomic E-state index is -0.426. The number of ether oxygens (including phenoxy) is 1. The molecule has 25 heavy (non-hydrogen) atoms. The summed E-state index contributed by atoms with van der Waals surface area (Å²) in [6.45, 7) is 8.44. The van der Waals surface area contributed by atoms with Gasteiger partial charge >= 0.3 is 0 Å². The van der Waals surface area contributed by atoms with E-state index in [1.165, 1.54) is 0 Å². The van der Waals surface area contributed by atoms with Gasteiger partial charge in [0.05, 0.1) is 0 Å². The molecule has 0 saturated carbocycles. The first kappa shape index (κ1) is 17.6. The highest BCUT2D eigenvalue weighted by Crippen LogP contribution is 2.39. The van der Waals surface area contributed by atoms with E-state index in [9.17, 15) is 4.79 Å². The molecule has 1 N–H and O–H groups in total. The average Bonchev–Trinajstić information content (AvgIpc) is 2.87. The fraction of sp³-hybridized carbons (Fsp3) is 0.381. The van der Waals surface area contributed by atoms with Crippen LogP contribution in [0.1, 0.15) is 49.8 Å².